The number of hydrogen-bond donors (Lipinski definition) is 0. The van der Waals surface area contributed by atoms with E-state index >= 15 is 0 Å². The second kappa shape index (κ2) is 9.51. The first-order chi connectivity index (χ1) is 18.6. The fourth-order valence-electron chi connectivity index (χ4n) is 7.81. The van der Waals surface area contributed by atoms with Crippen LogP contribution in [-0.2, 0) is 13.5 Å². The summed E-state index contributed by atoms with van der Waals surface area (Å²) in [7, 11) is 2.27. The lowest BCUT2D eigenvalue weighted by molar-refractivity contribution is 0.902. The number of rotatable bonds is 0. The van der Waals surface area contributed by atoms with Gasteiger partial charge in [-0.25, -0.2) is 0 Å². The van der Waals surface area contributed by atoms with E-state index in [1.165, 1.54) is 100 Å². The maximum absolute atomic E-state index is 2.48. The van der Waals surface area contributed by atoms with E-state index in [0.29, 0.717) is 5.92 Å². The largest absolute Gasteiger partial charge is 0.343 e. The molecule has 0 fully saturated rings. The minimum Gasteiger partial charge on any atom is -0.343 e. The average molecular weight is 532 g/mol. The lowest BCUT2D eigenvalue weighted by Crippen LogP contribution is -2.02. The highest BCUT2D eigenvalue weighted by molar-refractivity contribution is 6.01. The van der Waals surface area contributed by atoms with E-state index in [0.717, 1.165) is 6.42 Å². The summed E-state index contributed by atoms with van der Waals surface area (Å²) in [6, 6.07) is 0. The second-order valence-electron chi connectivity index (χ2n) is 13.1. The molecule has 0 aliphatic heterocycles. The van der Waals surface area contributed by atoms with Crippen molar-refractivity contribution in [3.8, 4) is 11.3 Å². The van der Waals surface area contributed by atoms with Crippen molar-refractivity contribution in [2.45, 2.75) is 109 Å². The third-order valence-electron chi connectivity index (χ3n) is 11.6. The van der Waals surface area contributed by atoms with Gasteiger partial charge in [0.05, 0.1) is 11.2 Å². The number of aryl methyl sites for hydroxylation is 3. The zero-order chi connectivity index (χ0) is 29.7. The topological polar surface area (TPSA) is 4.93 Å². The molecule has 6 rings (SSSR count). The SMILES string of the molecule is CC1=Cc2c(C)c(C)c(C)c(C)c2C1C.Cc1c(C)c(C)c2c(c1C)Cc1c-2n(C)c2c(C)c(C)c(C)c(C)c12. The smallest absolute Gasteiger partial charge is 0.0530 e. The first-order valence-electron chi connectivity index (χ1n) is 15.1. The van der Waals surface area contributed by atoms with E-state index in [2.05, 4.69) is 115 Å². The van der Waals surface area contributed by atoms with E-state index in [1.807, 2.05) is 0 Å². The fraction of sp³-hybridized carbons (Fsp3) is 0.436. The molecule has 1 atom stereocenters. The van der Waals surface area contributed by atoms with Crippen LogP contribution in [0.25, 0.3) is 28.2 Å². The summed E-state index contributed by atoms with van der Waals surface area (Å²) in [5.74, 6) is 0.609. The molecule has 0 saturated carbocycles. The molecule has 210 valence electrons. The molecule has 4 aromatic rings. The van der Waals surface area contributed by atoms with Gasteiger partial charge >= 0.3 is 0 Å². The molecule has 0 amide bonds. The summed E-state index contributed by atoms with van der Waals surface area (Å²) in [6.07, 6.45) is 3.45. The first kappa shape index (κ1) is 28.5. The zero-order valence-corrected chi connectivity index (χ0v) is 27.8. The Hall–Kier alpha value is -3.06. The summed E-state index contributed by atoms with van der Waals surface area (Å²) in [5.41, 5.74) is 29.6. The van der Waals surface area contributed by atoms with Crippen LogP contribution in [-0.4, -0.2) is 4.57 Å². The molecule has 2 aliphatic rings. The van der Waals surface area contributed by atoms with Gasteiger partial charge in [-0.15, -0.1) is 0 Å². The van der Waals surface area contributed by atoms with E-state index in [1.54, 1.807) is 16.7 Å². The number of benzene rings is 3. The summed E-state index contributed by atoms with van der Waals surface area (Å²) in [5, 5.41) is 1.50. The molecule has 1 unspecified atom stereocenters. The van der Waals surface area contributed by atoms with Crippen molar-refractivity contribution >= 4 is 17.0 Å². The van der Waals surface area contributed by atoms with Crippen LogP contribution < -0.4 is 0 Å². The number of aromatic nitrogens is 1. The van der Waals surface area contributed by atoms with Crippen LogP contribution >= 0.6 is 0 Å². The maximum atomic E-state index is 2.48. The molecule has 0 saturated heterocycles. The Morgan fingerprint density at radius 3 is 1.68 bits per heavy atom. The number of hydrogen-bond acceptors (Lipinski definition) is 0. The van der Waals surface area contributed by atoms with Crippen LogP contribution in [0.4, 0.5) is 0 Å². The van der Waals surface area contributed by atoms with Gasteiger partial charge in [0.1, 0.15) is 0 Å². The molecule has 1 heteroatoms. The highest BCUT2D eigenvalue weighted by Gasteiger charge is 2.31. The lowest BCUT2D eigenvalue weighted by atomic mass is 9.86. The quantitative estimate of drug-likeness (QED) is 0.187. The molecule has 0 radical (unpaired) electrons. The summed E-state index contributed by atoms with van der Waals surface area (Å²) in [4.78, 5) is 0. The Labute approximate surface area is 243 Å². The molecule has 0 spiro atoms. The van der Waals surface area contributed by atoms with Crippen molar-refractivity contribution in [1.29, 1.82) is 0 Å². The van der Waals surface area contributed by atoms with Gasteiger partial charge in [-0.3, -0.25) is 0 Å². The Morgan fingerprint density at radius 2 is 1.05 bits per heavy atom. The van der Waals surface area contributed by atoms with E-state index in [-0.39, 0.29) is 0 Å². The number of fused-ring (bicyclic) bond motifs is 6. The van der Waals surface area contributed by atoms with Crippen LogP contribution in [0.1, 0.15) is 109 Å². The standard InChI is InChI=1S/C24H29N.C15H20/c1-11-12(2)16(6)21-19(15(11)5)10-20-22-17(7)13(3)14(4)18(8)23(22)25(9)24(20)21;1-8-7-14-12(5)10(3)11(4)13(6)15(14)9(8)2/h10H2,1-9H3;7,9H,1-6H3. The average Bonchev–Trinajstić information content (AvgIpc) is 3.55. The Kier molecular flexibility index (Phi) is 6.77. The van der Waals surface area contributed by atoms with Crippen molar-refractivity contribution in [3.05, 3.63) is 94.6 Å². The van der Waals surface area contributed by atoms with E-state index in [9.17, 15) is 0 Å². The predicted molar refractivity (Wildman–Crippen MR) is 177 cm³/mol. The Bertz CT molecular complexity index is 1800. The number of nitrogens with zero attached hydrogens (tertiary/aromatic N) is 1. The normalized spacial score (nSPS) is 15.2. The van der Waals surface area contributed by atoms with Crippen molar-refractivity contribution in [3.63, 3.8) is 0 Å². The highest BCUT2D eigenvalue weighted by atomic mass is 15.0. The lowest BCUT2D eigenvalue weighted by Gasteiger charge is -2.18. The van der Waals surface area contributed by atoms with Gasteiger partial charge in [0.15, 0.2) is 0 Å². The van der Waals surface area contributed by atoms with Crippen LogP contribution in [0.3, 0.4) is 0 Å². The molecule has 3 aromatic carbocycles. The molecule has 2 aliphatic carbocycles. The minimum atomic E-state index is 0.609. The van der Waals surface area contributed by atoms with Gasteiger partial charge in [0.25, 0.3) is 0 Å². The minimum absolute atomic E-state index is 0.609. The molecule has 1 aromatic heterocycles. The Morgan fingerprint density at radius 1 is 0.550 bits per heavy atom. The van der Waals surface area contributed by atoms with Gasteiger partial charge < -0.3 is 4.57 Å². The second-order valence-corrected chi connectivity index (χ2v) is 13.1. The van der Waals surface area contributed by atoms with Crippen molar-refractivity contribution in [1.82, 2.24) is 4.57 Å². The Balaban J connectivity index is 0.000000184. The van der Waals surface area contributed by atoms with Crippen LogP contribution in [0.15, 0.2) is 5.57 Å². The fourth-order valence-corrected chi connectivity index (χ4v) is 7.81. The molecule has 0 bridgehead atoms. The molecule has 1 heterocycles. The monoisotopic (exact) mass is 531 g/mol. The van der Waals surface area contributed by atoms with Crippen LogP contribution in [0.5, 0.6) is 0 Å². The van der Waals surface area contributed by atoms with Crippen molar-refractivity contribution < 1.29 is 0 Å². The zero-order valence-electron chi connectivity index (χ0n) is 27.8. The van der Waals surface area contributed by atoms with Gasteiger partial charge in [-0.2, -0.15) is 0 Å². The van der Waals surface area contributed by atoms with Gasteiger partial charge in [-0.05, 0) is 179 Å². The molecule has 40 heavy (non-hydrogen) atoms. The first-order valence-corrected chi connectivity index (χ1v) is 15.1. The van der Waals surface area contributed by atoms with Gasteiger partial charge in [0, 0.05) is 30.3 Å². The summed E-state index contributed by atoms with van der Waals surface area (Å²) < 4.78 is 2.48. The summed E-state index contributed by atoms with van der Waals surface area (Å²) in [6.45, 7) is 31.9. The van der Waals surface area contributed by atoms with Crippen molar-refractivity contribution in [2.24, 2.45) is 7.05 Å². The molecule has 0 N–H and O–H groups in total. The third-order valence-corrected chi connectivity index (χ3v) is 11.6. The maximum Gasteiger partial charge on any atom is 0.0530 e. The van der Waals surface area contributed by atoms with E-state index < -0.39 is 0 Å². The predicted octanol–water partition coefficient (Wildman–Crippen LogP) is 10.7. The summed E-state index contributed by atoms with van der Waals surface area (Å²) >= 11 is 0. The molecular formula is C39H49N. The molecule has 1 nitrogen and oxygen atoms in total. The van der Waals surface area contributed by atoms with Crippen LogP contribution in [0.2, 0.25) is 0 Å². The van der Waals surface area contributed by atoms with E-state index in [4.69, 9.17) is 0 Å². The third kappa shape index (κ3) is 3.65. The molecular weight excluding hydrogens is 482 g/mol. The van der Waals surface area contributed by atoms with Gasteiger partial charge in [0.2, 0.25) is 0 Å². The van der Waals surface area contributed by atoms with Gasteiger partial charge in [-0.1, -0.05) is 18.6 Å². The van der Waals surface area contributed by atoms with Crippen LogP contribution in [0, 0.1) is 83.1 Å². The number of allylic oxidation sites excluding steroid dienone is 1. The highest BCUT2D eigenvalue weighted by Crippen LogP contribution is 2.49. The van der Waals surface area contributed by atoms with Crippen molar-refractivity contribution in [2.75, 3.05) is 0 Å².